The summed E-state index contributed by atoms with van der Waals surface area (Å²) < 4.78 is 8.61. The summed E-state index contributed by atoms with van der Waals surface area (Å²) in [6.45, 7) is 4.42. The largest absolute Gasteiger partial charge is 0.468 e. The molecule has 0 unspecified atom stereocenters. The molecule has 0 spiro atoms. The fourth-order valence-corrected chi connectivity index (χ4v) is 4.76. The molecule has 0 atom stereocenters. The van der Waals surface area contributed by atoms with E-state index in [1.54, 1.807) is 53.3 Å². The molecule has 0 radical (unpaired) electrons. The number of nitrogens with zero attached hydrogens (tertiary/aromatic N) is 4. The van der Waals surface area contributed by atoms with Crippen LogP contribution in [-0.4, -0.2) is 57.8 Å². The lowest BCUT2D eigenvalue weighted by Crippen LogP contribution is -2.50. The van der Waals surface area contributed by atoms with Crippen molar-refractivity contribution in [3.05, 3.63) is 90.5 Å². The maximum Gasteiger partial charge on any atom is 0.253 e. The first-order chi connectivity index (χ1) is 18.5. The van der Waals surface area contributed by atoms with E-state index in [1.807, 2.05) is 54.6 Å². The van der Waals surface area contributed by atoms with E-state index in [9.17, 15) is 9.59 Å². The predicted molar refractivity (Wildman–Crippen MR) is 147 cm³/mol. The molecule has 10 heteroatoms. The van der Waals surface area contributed by atoms with Crippen molar-refractivity contribution in [3.8, 4) is 11.3 Å². The van der Waals surface area contributed by atoms with E-state index in [0.29, 0.717) is 44.2 Å². The number of hydrogen-bond donors (Lipinski definition) is 2. The number of rotatable bonds is 8. The highest BCUT2D eigenvalue weighted by Gasteiger charge is 2.23. The molecular weight excluding hydrogens is 500 g/mol. The number of nitrogens with one attached hydrogen (secondary N) is 2. The lowest BCUT2D eigenvalue weighted by Gasteiger charge is -2.34. The number of furan rings is 1. The molecule has 2 amide bonds. The molecule has 1 aliphatic heterocycles. The fraction of sp³-hybridized carbons (Fsp3) is 0.214. The zero-order valence-electron chi connectivity index (χ0n) is 21.0. The minimum absolute atomic E-state index is 0.0317. The van der Waals surface area contributed by atoms with E-state index in [-0.39, 0.29) is 11.8 Å². The molecular formula is C28H28N6O3S. The predicted octanol–water partition coefficient (Wildman–Crippen LogP) is 4.58. The molecule has 1 fully saturated rings. The molecule has 2 N–H and O–H groups in total. The normalized spacial score (nSPS) is 13.4. The van der Waals surface area contributed by atoms with Crippen molar-refractivity contribution in [1.82, 2.24) is 24.5 Å². The van der Waals surface area contributed by atoms with Crippen LogP contribution in [0.3, 0.4) is 0 Å². The Hall–Kier alpha value is -4.15. The first-order valence-corrected chi connectivity index (χ1v) is 13.1. The van der Waals surface area contributed by atoms with Crippen molar-refractivity contribution in [3.63, 3.8) is 0 Å². The van der Waals surface area contributed by atoms with Gasteiger partial charge >= 0.3 is 0 Å². The Balaban J connectivity index is 1.16. The SMILES string of the molecule is CC(=O)N1CCN(C(=O)c2ccc(Nc3nccc(-c4ccc(SNCc5ccco5)cc4)n3)cc2)CC1. The number of piperazine rings is 1. The molecule has 194 valence electrons. The second-order valence-corrected chi connectivity index (χ2v) is 9.76. The Kier molecular flexibility index (Phi) is 8.01. The third-order valence-electron chi connectivity index (χ3n) is 6.22. The Morgan fingerprint density at radius 3 is 2.37 bits per heavy atom. The van der Waals surface area contributed by atoms with Crippen LogP contribution >= 0.6 is 11.9 Å². The molecule has 1 aliphatic rings. The van der Waals surface area contributed by atoms with Gasteiger partial charge in [-0.05, 0) is 66.5 Å². The molecule has 1 saturated heterocycles. The van der Waals surface area contributed by atoms with Gasteiger partial charge in [-0.2, -0.15) is 0 Å². The van der Waals surface area contributed by atoms with Gasteiger partial charge in [-0.15, -0.1) is 0 Å². The van der Waals surface area contributed by atoms with Crippen molar-refractivity contribution >= 4 is 35.4 Å². The van der Waals surface area contributed by atoms with Crippen LogP contribution in [-0.2, 0) is 11.3 Å². The fourth-order valence-electron chi connectivity index (χ4n) is 4.11. The van der Waals surface area contributed by atoms with Crippen LogP contribution in [0.4, 0.5) is 11.6 Å². The van der Waals surface area contributed by atoms with Crippen LogP contribution < -0.4 is 10.0 Å². The zero-order chi connectivity index (χ0) is 26.3. The van der Waals surface area contributed by atoms with Gasteiger partial charge in [0, 0.05) is 61.0 Å². The quantitative estimate of drug-likeness (QED) is 0.320. The highest BCUT2D eigenvalue weighted by Crippen LogP contribution is 2.23. The zero-order valence-corrected chi connectivity index (χ0v) is 21.8. The van der Waals surface area contributed by atoms with Crippen LogP contribution in [0.15, 0.2) is 88.5 Å². The second kappa shape index (κ2) is 11.9. The van der Waals surface area contributed by atoms with Gasteiger partial charge in [-0.1, -0.05) is 12.1 Å². The summed E-state index contributed by atoms with van der Waals surface area (Å²) >= 11 is 1.54. The van der Waals surface area contributed by atoms with E-state index < -0.39 is 0 Å². The van der Waals surface area contributed by atoms with Gasteiger partial charge in [0.1, 0.15) is 5.76 Å². The van der Waals surface area contributed by atoms with Crippen molar-refractivity contribution in [2.75, 3.05) is 31.5 Å². The molecule has 4 aromatic rings. The topological polar surface area (TPSA) is 104 Å². The highest BCUT2D eigenvalue weighted by molar-refractivity contribution is 7.97. The Bertz CT molecular complexity index is 1370. The van der Waals surface area contributed by atoms with Crippen LogP contribution in [0.5, 0.6) is 0 Å². The first kappa shape index (κ1) is 25.5. The molecule has 2 aromatic carbocycles. The van der Waals surface area contributed by atoms with E-state index >= 15 is 0 Å². The number of anilines is 2. The molecule has 38 heavy (non-hydrogen) atoms. The third kappa shape index (κ3) is 6.39. The minimum Gasteiger partial charge on any atom is -0.468 e. The van der Waals surface area contributed by atoms with Crippen LogP contribution in [0.25, 0.3) is 11.3 Å². The van der Waals surface area contributed by atoms with Gasteiger partial charge in [0.15, 0.2) is 0 Å². The van der Waals surface area contributed by atoms with Crippen molar-refractivity contribution < 1.29 is 14.0 Å². The molecule has 0 saturated carbocycles. The first-order valence-electron chi connectivity index (χ1n) is 12.3. The van der Waals surface area contributed by atoms with Gasteiger partial charge in [0.25, 0.3) is 5.91 Å². The van der Waals surface area contributed by atoms with Crippen molar-refractivity contribution in [2.24, 2.45) is 0 Å². The third-order valence-corrected chi connectivity index (χ3v) is 7.02. The molecule has 9 nitrogen and oxygen atoms in total. The van der Waals surface area contributed by atoms with Gasteiger partial charge < -0.3 is 19.5 Å². The number of benzene rings is 2. The Morgan fingerprint density at radius 1 is 0.947 bits per heavy atom. The van der Waals surface area contributed by atoms with Gasteiger partial charge in [0.05, 0.1) is 18.5 Å². The van der Waals surface area contributed by atoms with Crippen LogP contribution in [0, 0.1) is 0 Å². The molecule has 5 rings (SSSR count). The lowest BCUT2D eigenvalue weighted by atomic mass is 10.1. The highest BCUT2D eigenvalue weighted by atomic mass is 32.2. The lowest BCUT2D eigenvalue weighted by molar-refractivity contribution is -0.130. The molecule has 2 aromatic heterocycles. The summed E-state index contributed by atoms with van der Waals surface area (Å²) in [5.41, 5.74) is 3.18. The number of hydrogen-bond acceptors (Lipinski definition) is 8. The smallest absolute Gasteiger partial charge is 0.253 e. The molecule has 0 aliphatic carbocycles. The van der Waals surface area contributed by atoms with Crippen LogP contribution in [0.2, 0.25) is 0 Å². The average Bonchev–Trinajstić information content (AvgIpc) is 3.47. The van der Waals surface area contributed by atoms with Crippen molar-refractivity contribution in [2.45, 2.75) is 18.4 Å². The average molecular weight is 529 g/mol. The summed E-state index contributed by atoms with van der Waals surface area (Å²) in [7, 11) is 0. The summed E-state index contributed by atoms with van der Waals surface area (Å²) in [5, 5.41) is 3.22. The summed E-state index contributed by atoms with van der Waals surface area (Å²) in [5.74, 6) is 1.38. The monoisotopic (exact) mass is 528 g/mol. The molecule has 0 bridgehead atoms. The number of carbonyl (C=O) groups is 2. The Labute approximate surface area is 225 Å². The summed E-state index contributed by atoms with van der Waals surface area (Å²) in [4.78, 5) is 38.0. The summed E-state index contributed by atoms with van der Waals surface area (Å²) in [6.07, 6.45) is 3.39. The van der Waals surface area contributed by atoms with Crippen molar-refractivity contribution in [1.29, 1.82) is 0 Å². The van der Waals surface area contributed by atoms with E-state index in [1.165, 1.54) is 0 Å². The van der Waals surface area contributed by atoms with E-state index in [0.717, 1.165) is 27.6 Å². The number of aromatic nitrogens is 2. The van der Waals surface area contributed by atoms with Gasteiger partial charge in [0.2, 0.25) is 11.9 Å². The standard InChI is InChI=1S/C28H28N6O3S/c1-20(35)33-14-16-34(17-15-33)27(36)22-4-8-23(9-5-22)31-28-29-13-12-26(32-28)21-6-10-25(11-7-21)38-30-19-24-3-2-18-37-24/h2-13,18,30H,14-17,19H2,1H3,(H,29,31,32). The maximum atomic E-state index is 12.9. The van der Waals surface area contributed by atoms with E-state index in [2.05, 4.69) is 20.0 Å². The van der Waals surface area contributed by atoms with Gasteiger partial charge in [-0.25, -0.2) is 9.97 Å². The summed E-state index contributed by atoms with van der Waals surface area (Å²) in [6, 6.07) is 21.1. The number of carbonyl (C=O) groups excluding carboxylic acids is 2. The molecule has 3 heterocycles. The van der Waals surface area contributed by atoms with Crippen LogP contribution in [0.1, 0.15) is 23.0 Å². The maximum absolute atomic E-state index is 12.9. The Morgan fingerprint density at radius 2 is 1.68 bits per heavy atom. The minimum atomic E-state index is -0.0317. The van der Waals surface area contributed by atoms with E-state index in [4.69, 9.17) is 4.42 Å². The second-order valence-electron chi connectivity index (χ2n) is 8.79. The number of amides is 2. The van der Waals surface area contributed by atoms with Gasteiger partial charge in [-0.3, -0.25) is 14.3 Å².